The van der Waals surface area contributed by atoms with Crippen LogP contribution in [0.3, 0.4) is 0 Å². The van der Waals surface area contributed by atoms with E-state index in [9.17, 15) is 9.59 Å². The molecule has 0 fully saturated rings. The first-order valence-electron chi connectivity index (χ1n) is 4.37. The highest BCUT2D eigenvalue weighted by Crippen LogP contribution is 2.03. The van der Waals surface area contributed by atoms with E-state index >= 15 is 0 Å². The van der Waals surface area contributed by atoms with Gasteiger partial charge in [-0.25, -0.2) is 5.48 Å². The van der Waals surface area contributed by atoms with Gasteiger partial charge in [-0.2, -0.15) is 0 Å². The van der Waals surface area contributed by atoms with E-state index in [4.69, 9.17) is 0 Å². The van der Waals surface area contributed by atoms with Crippen molar-refractivity contribution in [2.75, 3.05) is 7.11 Å². The summed E-state index contributed by atoms with van der Waals surface area (Å²) in [6.45, 7) is 0.454. The van der Waals surface area contributed by atoms with Gasteiger partial charge in [0, 0.05) is 12.1 Å². The van der Waals surface area contributed by atoms with Crippen LogP contribution in [-0.4, -0.2) is 19.4 Å². The molecule has 0 saturated carbocycles. The number of rotatable bonds is 5. The third kappa shape index (κ3) is 3.40. The first-order valence-corrected chi connectivity index (χ1v) is 4.37. The van der Waals surface area contributed by atoms with Gasteiger partial charge in [0.1, 0.15) is 0 Å². The molecule has 0 heterocycles. The second-order valence-electron chi connectivity index (χ2n) is 2.83. The monoisotopic (exact) mass is 208 g/mol. The molecule has 1 rings (SSSR count). The number of hydroxylamine groups is 1. The van der Waals surface area contributed by atoms with Gasteiger partial charge in [0.25, 0.3) is 5.91 Å². The average Bonchev–Trinajstić information content (AvgIpc) is 2.27. The maximum absolute atomic E-state index is 11.3. The molecule has 0 aliphatic carbocycles. The van der Waals surface area contributed by atoms with Crippen molar-refractivity contribution in [1.29, 1.82) is 0 Å². The Hall–Kier alpha value is -1.88. The summed E-state index contributed by atoms with van der Waals surface area (Å²) in [7, 11) is 1.38. The molecular weight excluding hydrogens is 196 g/mol. The summed E-state index contributed by atoms with van der Waals surface area (Å²) in [5.74, 6) is -0.299. The normalized spacial score (nSPS) is 9.40. The number of carbonyl (C=O) groups is 2. The maximum atomic E-state index is 11.3. The predicted octanol–water partition coefficient (Wildman–Crippen LogP) is 0.224. The molecule has 2 amide bonds. The lowest BCUT2D eigenvalue weighted by atomic mass is 10.1. The highest BCUT2D eigenvalue weighted by atomic mass is 16.6. The molecule has 0 unspecified atom stereocenters. The lowest BCUT2D eigenvalue weighted by molar-refractivity contribution is -0.109. The molecule has 0 aliphatic rings. The molecule has 0 aromatic heterocycles. The molecule has 0 aliphatic heterocycles. The lowest BCUT2D eigenvalue weighted by Gasteiger charge is -2.03. The molecule has 5 heteroatoms. The van der Waals surface area contributed by atoms with Crippen LogP contribution in [-0.2, 0) is 16.2 Å². The Balaban J connectivity index is 2.63. The van der Waals surface area contributed by atoms with Crippen LogP contribution in [0, 0.1) is 0 Å². The number of carbonyl (C=O) groups excluding carboxylic acids is 2. The van der Waals surface area contributed by atoms with Crippen molar-refractivity contribution in [3.05, 3.63) is 35.4 Å². The van der Waals surface area contributed by atoms with Crippen LogP contribution in [0.15, 0.2) is 24.3 Å². The second kappa shape index (κ2) is 5.77. The summed E-state index contributed by atoms with van der Waals surface area (Å²) in [5.41, 5.74) is 3.65. The number of hydrogen-bond acceptors (Lipinski definition) is 3. The number of nitrogens with one attached hydrogen (secondary N) is 2. The molecule has 1 aromatic carbocycles. The molecule has 0 spiro atoms. The lowest BCUT2D eigenvalue weighted by Crippen LogP contribution is -2.21. The second-order valence-corrected chi connectivity index (χ2v) is 2.83. The third-order valence-corrected chi connectivity index (χ3v) is 1.80. The molecule has 1 aromatic rings. The molecule has 0 atom stereocenters. The minimum Gasteiger partial charge on any atom is -0.355 e. The zero-order valence-corrected chi connectivity index (χ0v) is 8.32. The SMILES string of the molecule is CONC(=O)c1ccc(CNC=O)cc1. The average molecular weight is 208 g/mol. The van der Waals surface area contributed by atoms with Crippen molar-refractivity contribution in [2.24, 2.45) is 0 Å². The van der Waals surface area contributed by atoms with Crippen molar-refractivity contribution in [3.63, 3.8) is 0 Å². The Morgan fingerprint density at radius 2 is 2.07 bits per heavy atom. The van der Waals surface area contributed by atoms with Gasteiger partial charge in [0.05, 0.1) is 7.11 Å². The maximum Gasteiger partial charge on any atom is 0.274 e. The molecule has 80 valence electrons. The van der Waals surface area contributed by atoms with E-state index in [1.165, 1.54) is 7.11 Å². The molecule has 15 heavy (non-hydrogen) atoms. The number of benzene rings is 1. The predicted molar refractivity (Wildman–Crippen MR) is 53.8 cm³/mol. The van der Waals surface area contributed by atoms with E-state index in [-0.39, 0.29) is 5.91 Å². The van der Waals surface area contributed by atoms with Crippen molar-refractivity contribution < 1.29 is 14.4 Å². The molecule has 0 bridgehead atoms. The fourth-order valence-electron chi connectivity index (χ4n) is 1.09. The van der Waals surface area contributed by atoms with Crippen LogP contribution >= 0.6 is 0 Å². The van der Waals surface area contributed by atoms with Crippen LogP contribution in [0.2, 0.25) is 0 Å². The van der Waals surface area contributed by atoms with Crippen LogP contribution in [0.5, 0.6) is 0 Å². The molecule has 2 N–H and O–H groups in total. The first-order chi connectivity index (χ1) is 7.27. The zero-order valence-electron chi connectivity index (χ0n) is 8.32. The van der Waals surface area contributed by atoms with Crippen molar-refractivity contribution in [1.82, 2.24) is 10.8 Å². The van der Waals surface area contributed by atoms with Crippen molar-refractivity contribution in [3.8, 4) is 0 Å². The minimum atomic E-state index is -0.299. The van der Waals surface area contributed by atoms with Crippen molar-refractivity contribution in [2.45, 2.75) is 6.54 Å². The standard InChI is InChI=1S/C10H12N2O3/c1-15-12-10(14)9-4-2-8(3-5-9)6-11-7-13/h2-5,7H,6H2,1H3,(H,11,13)(H,12,14). The van der Waals surface area contributed by atoms with Gasteiger partial charge in [-0.1, -0.05) is 12.1 Å². The van der Waals surface area contributed by atoms with Crippen LogP contribution in [0.25, 0.3) is 0 Å². The smallest absolute Gasteiger partial charge is 0.274 e. The van der Waals surface area contributed by atoms with Crippen LogP contribution < -0.4 is 10.8 Å². The quantitative estimate of drug-likeness (QED) is 0.537. The summed E-state index contributed by atoms with van der Waals surface area (Å²) in [6.07, 6.45) is 0.630. The molecule has 5 nitrogen and oxygen atoms in total. The summed E-state index contributed by atoms with van der Waals surface area (Å²) in [6, 6.07) is 6.86. The number of hydrogen-bond donors (Lipinski definition) is 2. The van der Waals surface area contributed by atoms with Gasteiger partial charge in [-0.3, -0.25) is 14.4 Å². The van der Waals surface area contributed by atoms with Gasteiger partial charge < -0.3 is 5.32 Å². The Morgan fingerprint density at radius 1 is 1.40 bits per heavy atom. The number of amides is 2. The van der Waals surface area contributed by atoms with Gasteiger partial charge in [-0.15, -0.1) is 0 Å². The molecule has 0 radical (unpaired) electrons. The third-order valence-electron chi connectivity index (χ3n) is 1.80. The Labute approximate surface area is 87.4 Å². The molecular formula is C10H12N2O3. The van der Waals surface area contributed by atoms with Crippen molar-refractivity contribution >= 4 is 12.3 Å². The van der Waals surface area contributed by atoms with E-state index in [1.54, 1.807) is 24.3 Å². The Kier molecular flexibility index (Phi) is 4.30. The van der Waals surface area contributed by atoms with E-state index in [0.29, 0.717) is 18.5 Å². The molecule has 0 saturated heterocycles. The van der Waals surface area contributed by atoms with E-state index in [0.717, 1.165) is 5.56 Å². The van der Waals surface area contributed by atoms with Gasteiger partial charge in [0.15, 0.2) is 0 Å². The Morgan fingerprint density at radius 3 is 2.60 bits per heavy atom. The largest absolute Gasteiger partial charge is 0.355 e. The fourth-order valence-corrected chi connectivity index (χ4v) is 1.09. The summed E-state index contributed by atoms with van der Waals surface area (Å²) < 4.78 is 0. The summed E-state index contributed by atoms with van der Waals surface area (Å²) in [4.78, 5) is 25.8. The zero-order chi connectivity index (χ0) is 11.1. The van der Waals surface area contributed by atoms with Gasteiger partial charge in [0.2, 0.25) is 6.41 Å². The van der Waals surface area contributed by atoms with E-state index < -0.39 is 0 Å². The first kappa shape index (κ1) is 11.2. The minimum absolute atomic E-state index is 0.299. The van der Waals surface area contributed by atoms with Gasteiger partial charge >= 0.3 is 0 Å². The highest BCUT2D eigenvalue weighted by Gasteiger charge is 2.03. The topological polar surface area (TPSA) is 67.4 Å². The Bertz CT molecular complexity index is 335. The van der Waals surface area contributed by atoms with Crippen LogP contribution in [0.1, 0.15) is 15.9 Å². The summed E-state index contributed by atoms with van der Waals surface area (Å²) >= 11 is 0. The van der Waals surface area contributed by atoms with E-state index in [2.05, 4.69) is 15.6 Å². The van der Waals surface area contributed by atoms with Gasteiger partial charge in [-0.05, 0) is 17.7 Å². The highest BCUT2D eigenvalue weighted by molar-refractivity contribution is 5.93. The summed E-state index contributed by atoms with van der Waals surface area (Å²) in [5, 5.41) is 2.53. The van der Waals surface area contributed by atoms with Crippen LogP contribution in [0.4, 0.5) is 0 Å². The fraction of sp³-hybridized carbons (Fsp3) is 0.200. The van der Waals surface area contributed by atoms with E-state index in [1.807, 2.05) is 0 Å².